The van der Waals surface area contributed by atoms with E-state index in [2.05, 4.69) is 5.32 Å². The third-order valence-corrected chi connectivity index (χ3v) is 4.67. The number of aliphatic hydroxyl groups excluding tert-OH is 1. The maximum atomic E-state index is 12.7. The highest BCUT2D eigenvalue weighted by atomic mass is 16.5. The van der Waals surface area contributed by atoms with Crippen LogP contribution < -0.4 is 10.1 Å². The summed E-state index contributed by atoms with van der Waals surface area (Å²) in [5, 5.41) is 13.2. The molecule has 0 bridgehead atoms. The molecule has 0 aromatic rings. The van der Waals surface area contributed by atoms with Gasteiger partial charge in [0.15, 0.2) is 0 Å². The molecule has 3 aliphatic rings. The van der Waals surface area contributed by atoms with Crippen molar-refractivity contribution < 1.29 is 23.8 Å². The van der Waals surface area contributed by atoms with Crippen molar-refractivity contribution in [1.82, 2.24) is 10.2 Å². The summed E-state index contributed by atoms with van der Waals surface area (Å²) in [7, 11) is 0. The molecule has 1 unspecified atom stereocenters. The first-order valence-electron chi connectivity index (χ1n) is 9.75. The molecular formula is C21H30N2O5. The lowest BCUT2D eigenvalue weighted by Gasteiger charge is -2.27. The van der Waals surface area contributed by atoms with Crippen LogP contribution in [0, 0.1) is 0 Å². The van der Waals surface area contributed by atoms with Crippen LogP contribution in [0.2, 0.25) is 0 Å². The van der Waals surface area contributed by atoms with Crippen LogP contribution in [0.25, 0.3) is 11.1 Å². The van der Waals surface area contributed by atoms with Crippen LogP contribution in [0.15, 0.2) is 29.1 Å². The summed E-state index contributed by atoms with van der Waals surface area (Å²) in [5.74, 6) is 0.733. The van der Waals surface area contributed by atoms with E-state index in [-0.39, 0.29) is 17.9 Å². The Bertz CT molecular complexity index is 746. The Morgan fingerprint density at radius 1 is 1.36 bits per heavy atom. The van der Waals surface area contributed by atoms with E-state index in [1.54, 1.807) is 12.5 Å². The molecule has 2 N–H and O–H groups in total. The van der Waals surface area contributed by atoms with Crippen molar-refractivity contribution in [2.24, 2.45) is 0 Å². The number of nitrogens with one attached hydrogen (secondary N) is 1. The Balaban J connectivity index is 1.68. The molecule has 1 amide bonds. The maximum Gasteiger partial charge on any atom is 0.227 e. The van der Waals surface area contributed by atoms with Gasteiger partial charge >= 0.3 is 0 Å². The van der Waals surface area contributed by atoms with Gasteiger partial charge in [-0.3, -0.25) is 10.1 Å². The monoisotopic (exact) mass is 390 g/mol. The fraction of sp³-hybridized carbons (Fsp3) is 0.571. The molecule has 7 nitrogen and oxygen atoms in total. The number of carbonyl (C=O) groups excluding carboxylic acids is 1. The summed E-state index contributed by atoms with van der Waals surface area (Å²) in [5.41, 5.74) is 2.54. The lowest BCUT2D eigenvalue weighted by molar-refractivity contribution is -0.134. The maximum absolute atomic E-state index is 12.7. The molecule has 2 aliphatic heterocycles. The minimum Gasteiger partial charge on any atom is -0.493 e. The fourth-order valence-electron chi connectivity index (χ4n) is 3.37. The summed E-state index contributed by atoms with van der Waals surface area (Å²) in [4.78, 5) is 14.6. The van der Waals surface area contributed by atoms with Gasteiger partial charge in [0.05, 0.1) is 38.8 Å². The summed E-state index contributed by atoms with van der Waals surface area (Å²) in [6, 6.07) is 3.75. The number of morpholine rings is 1. The first-order valence-corrected chi connectivity index (χ1v) is 9.75. The third kappa shape index (κ3) is 5.47. The molecule has 1 atom stereocenters. The predicted molar refractivity (Wildman–Crippen MR) is 105 cm³/mol. The minimum absolute atomic E-state index is 0.0656. The van der Waals surface area contributed by atoms with E-state index in [9.17, 15) is 9.90 Å². The van der Waals surface area contributed by atoms with Gasteiger partial charge in [-0.15, -0.1) is 0 Å². The van der Waals surface area contributed by atoms with E-state index in [0.29, 0.717) is 45.1 Å². The zero-order valence-electron chi connectivity index (χ0n) is 16.9. The number of hydrogen-bond acceptors (Lipinski definition) is 6. The van der Waals surface area contributed by atoms with Gasteiger partial charge in [0, 0.05) is 36.2 Å². The number of fused-ring (bicyclic) bond motifs is 1. The van der Waals surface area contributed by atoms with Gasteiger partial charge < -0.3 is 23.9 Å². The topological polar surface area (TPSA) is 84.2 Å². The van der Waals surface area contributed by atoms with Crippen LogP contribution in [0.3, 0.4) is 0 Å². The second-order valence-electron chi connectivity index (χ2n) is 8.13. The molecule has 0 saturated carbocycles. The second kappa shape index (κ2) is 8.94. The number of aliphatic hydroxyl groups is 1. The van der Waals surface area contributed by atoms with Gasteiger partial charge in [0.2, 0.25) is 5.91 Å². The fourth-order valence-corrected chi connectivity index (χ4v) is 3.37. The Morgan fingerprint density at radius 3 is 2.82 bits per heavy atom. The molecule has 1 aliphatic carbocycles. The van der Waals surface area contributed by atoms with E-state index >= 15 is 0 Å². The highest BCUT2D eigenvalue weighted by Crippen LogP contribution is 2.37. The molecule has 0 radical (unpaired) electrons. The number of hydrogen-bond donors (Lipinski definition) is 2. The third-order valence-electron chi connectivity index (χ3n) is 4.67. The van der Waals surface area contributed by atoms with Crippen LogP contribution in [-0.4, -0.2) is 60.6 Å². The molecule has 0 spiro atoms. The van der Waals surface area contributed by atoms with E-state index < -0.39 is 6.23 Å². The highest BCUT2D eigenvalue weighted by Gasteiger charge is 2.24. The van der Waals surface area contributed by atoms with Crippen molar-refractivity contribution in [1.29, 1.82) is 0 Å². The van der Waals surface area contributed by atoms with Crippen LogP contribution in [-0.2, 0) is 16.0 Å². The number of ether oxygens (including phenoxy) is 2. The van der Waals surface area contributed by atoms with Gasteiger partial charge in [-0.25, -0.2) is 0 Å². The molecular weight excluding hydrogens is 360 g/mol. The van der Waals surface area contributed by atoms with Gasteiger partial charge in [0.25, 0.3) is 0 Å². The van der Waals surface area contributed by atoms with Gasteiger partial charge in [-0.2, -0.15) is 0 Å². The minimum atomic E-state index is -0.655. The number of nitrogens with zero attached hydrogens (tertiary/aromatic N) is 1. The van der Waals surface area contributed by atoms with Gasteiger partial charge in [0.1, 0.15) is 12.0 Å². The van der Waals surface area contributed by atoms with Crippen molar-refractivity contribution in [2.45, 2.75) is 45.4 Å². The standard InChI is InChI=1S/C21H30N2O5/c1-21(2,3)22-19(24)5-9-28-18-12-15-14-27-8-4-16(15)17(18)13-20(25)23-6-10-26-11-7-23/h4,8,12,14,19,22,24H,5-7,9-11,13H2,1-3H3. The lowest BCUT2D eigenvalue weighted by atomic mass is 10.1. The average molecular weight is 390 g/mol. The van der Waals surface area contributed by atoms with Crippen LogP contribution in [0.4, 0.5) is 0 Å². The van der Waals surface area contributed by atoms with Crippen molar-refractivity contribution in [3.05, 3.63) is 30.2 Å². The van der Waals surface area contributed by atoms with E-state index in [4.69, 9.17) is 13.9 Å². The SMILES string of the molecule is CC(C)(C)NC(O)CCOc1cc2coccc-2c1CC(=O)N1CCOCC1. The quantitative estimate of drug-likeness (QED) is 0.706. The van der Waals surface area contributed by atoms with Crippen molar-refractivity contribution in [2.75, 3.05) is 32.9 Å². The number of carbonyl (C=O) groups is 1. The normalized spacial score (nSPS) is 16.4. The molecule has 1 fully saturated rings. The predicted octanol–water partition coefficient (Wildman–Crippen LogP) is 2.26. The molecule has 1 saturated heterocycles. The molecule has 7 heteroatoms. The molecule has 0 aromatic heterocycles. The first-order chi connectivity index (χ1) is 13.3. The Labute approximate surface area is 165 Å². The van der Waals surface area contributed by atoms with E-state index in [0.717, 1.165) is 16.7 Å². The Morgan fingerprint density at radius 2 is 2.11 bits per heavy atom. The largest absolute Gasteiger partial charge is 0.493 e. The van der Waals surface area contributed by atoms with Gasteiger partial charge in [-0.1, -0.05) is 0 Å². The van der Waals surface area contributed by atoms with Gasteiger partial charge in [-0.05, 0) is 38.5 Å². The Hall–Kier alpha value is -2.09. The van der Waals surface area contributed by atoms with E-state index in [1.807, 2.05) is 37.8 Å². The Kier molecular flexibility index (Phi) is 6.59. The summed E-state index contributed by atoms with van der Waals surface area (Å²) in [6.07, 6.45) is 3.32. The smallest absolute Gasteiger partial charge is 0.227 e. The first kappa shape index (κ1) is 20.6. The summed E-state index contributed by atoms with van der Waals surface area (Å²) in [6.45, 7) is 8.74. The zero-order chi connectivity index (χ0) is 20.1. The molecule has 0 aromatic carbocycles. The summed E-state index contributed by atoms with van der Waals surface area (Å²) < 4.78 is 16.5. The van der Waals surface area contributed by atoms with Crippen LogP contribution >= 0.6 is 0 Å². The van der Waals surface area contributed by atoms with Crippen LogP contribution in [0.1, 0.15) is 32.8 Å². The zero-order valence-corrected chi connectivity index (χ0v) is 16.9. The van der Waals surface area contributed by atoms with Crippen molar-refractivity contribution in [3.8, 4) is 16.9 Å². The molecule has 3 rings (SSSR count). The average Bonchev–Trinajstić information content (AvgIpc) is 2.98. The lowest BCUT2D eigenvalue weighted by Crippen LogP contribution is -2.44. The molecule has 28 heavy (non-hydrogen) atoms. The van der Waals surface area contributed by atoms with Crippen LogP contribution in [0.5, 0.6) is 5.75 Å². The molecule has 2 heterocycles. The van der Waals surface area contributed by atoms with Crippen molar-refractivity contribution in [3.63, 3.8) is 0 Å². The van der Waals surface area contributed by atoms with Crippen molar-refractivity contribution >= 4 is 5.91 Å². The molecule has 154 valence electrons. The van der Waals surface area contributed by atoms with E-state index in [1.165, 1.54) is 0 Å². The summed E-state index contributed by atoms with van der Waals surface area (Å²) >= 11 is 0. The number of rotatable bonds is 7. The highest BCUT2D eigenvalue weighted by molar-refractivity contribution is 5.85. The second-order valence-corrected chi connectivity index (χ2v) is 8.13. The number of amides is 1.